The second-order valence-corrected chi connectivity index (χ2v) is 5.78. The molecular weight excluding hydrogens is 216 g/mol. The average molecular weight is 250 g/mol. The van der Waals surface area contributed by atoms with E-state index in [4.69, 9.17) is 0 Å². The first-order valence-corrected chi connectivity index (χ1v) is 7.83. The lowest BCUT2D eigenvalue weighted by atomic mass is 9.60. The first-order chi connectivity index (χ1) is 8.55. The lowest BCUT2D eigenvalue weighted by Gasteiger charge is -2.45. The van der Waals surface area contributed by atoms with Gasteiger partial charge in [-0.3, -0.25) is 0 Å². The standard InChI is InChI=1S/C16H28.C2H6/c1-6-8-10-13(3)15-11-9-12-16(5,7-2)14(15)4;1-2/h6,14-15H,1,3,7-12H2,2,4-5H3;1-2H3. The molecule has 0 N–H and O–H groups in total. The molecule has 0 radical (unpaired) electrons. The van der Waals surface area contributed by atoms with Crippen LogP contribution in [-0.4, -0.2) is 0 Å². The molecule has 3 atom stereocenters. The molecule has 106 valence electrons. The molecule has 0 aromatic heterocycles. The van der Waals surface area contributed by atoms with Crippen molar-refractivity contribution in [2.45, 2.75) is 73.1 Å². The van der Waals surface area contributed by atoms with Crippen LogP contribution in [0.3, 0.4) is 0 Å². The summed E-state index contributed by atoms with van der Waals surface area (Å²) in [6.45, 7) is 19.4. The molecule has 1 saturated carbocycles. The van der Waals surface area contributed by atoms with Gasteiger partial charge in [-0.2, -0.15) is 0 Å². The van der Waals surface area contributed by atoms with Gasteiger partial charge >= 0.3 is 0 Å². The summed E-state index contributed by atoms with van der Waals surface area (Å²) in [5.41, 5.74) is 2.01. The van der Waals surface area contributed by atoms with E-state index in [2.05, 4.69) is 33.9 Å². The number of allylic oxidation sites excluding steroid dienone is 2. The van der Waals surface area contributed by atoms with Crippen LogP contribution in [0.1, 0.15) is 73.1 Å². The predicted octanol–water partition coefficient (Wildman–Crippen LogP) is 6.39. The van der Waals surface area contributed by atoms with Gasteiger partial charge in [-0.25, -0.2) is 0 Å². The van der Waals surface area contributed by atoms with Gasteiger partial charge in [-0.05, 0) is 42.9 Å². The lowest BCUT2D eigenvalue weighted by molar-refractivity contribution is 0.0826. The van der Waals surface area contributed by atoms with Crippen molar-refractivity contribution in [1.29, 1.82) is 0 Å². The van der Waals surface area contributed by atoms with Crippen molar-refractivity contribution in [1.82, 2.24) is 0 Å². The molecule has 18 heavy (non-hydrogen) atoms. The van der Waals surface area contributed by atoms with Gasteiger partial charge in [0.05, 0.1) is 0 Å². The maximum atomic E-state index is 4.32. The Bertz CT molecular complexity index is 251. The smallest absolute Gasteiger partial charge is 0.0175 e. The second-order valence-electron chi connectivity index (χ2n) is 5.78. The van der Waals surface area contributed by atoms with Gasteiger partial charge in [-0.15, -0.1) is 6.58 Å². The monoisotopic (exact) mass is 250 g/mol. The summed E-state index contributed by atoms with van der Waals surface area (Å²) in [5, 5.41) is 0. The molecule has 1 fully saturated rings. The summed E-state index contributed by atoms with van der Waals surface area (Å²) in [6.07, 6.45) is 9.68. The Kier molecular flexibility index (Phi) is 8.31. The van der Waals surface area contributed by atoms with Crippen molar-refractivity contribution in [2.24, 2.45) is 17.3 Å². The first-order valence-electron chi connectivity index (χ1n) is 7.83. The Morgan fingerprint density at radius 1 is 1.39 bits per heavy atom. The van der Waals surface area contributed by atoms with Crippen molar-refractivity contribution in [3.63, 3.8) is 0 Å². The fourth-order valence-corrected chi connectivity index (χ4v) is 3.22. The fourth-order valence-electron chi connectivity index (χ4n) is 3.22. The molecule has 0 aliphatic heterocycles. The molecule has 0 aromatic rings. The van der Waals surface area contributed by atoms with Crippen molar-refractivity contribution in [3.05, 3.63) is 24.8 Å². The van der Waals surface area contributed by atoms with E-state index >= 15 is 0 Å². The Balaban J connectivity index is 0.00000137. The van der Waals surface area contributed by atoms with Gasteiger partial charge in [0.15, 0.2) is 0 Å². The van der Waals surface area contributed by atoms with Crippen LogP contribution in [0.25, 0.3) is 0 Å². The summed E-state index contributed by atoms with van der Waals surface area (Å²) >= 11 is 0. The summed E-state index contributed by atoms with van der Waals surface area (Å²) in [5.74, 6) is 1.54. The van der Waals surface area contributed by atoms with Crippen molar-refractivity contribution >= 4 is 0 Å². The van der Waals surface area contributed by atoms with Crippen molar-refractivity contribution < 1.29 is 0 Å². The third-order valence-corrected chi connectivity index (χ3v) is 4.97. The van der Waals surface area contributed by atoms with Crippen LogP contribution in [-0.2, 0) is 0 Å². The zero-order chi connectivity index (χ0) is 14.2. The van der Waals surface area contributed by atoms with Crippen molar-refractivity contribution in [3.8, 4) is 0 Å². The van der Waals surface area contributed by atoms with Gasteiger partial charge in [0.25, 0.3) is 0 Å². The molecule has 1 aliphatic carbocycles. The van der Waals surface area contributed by atoms with E-state index in [9.17, 15) is 0 Å². The molecule has 0 saturated heterocycles. The maximum Gasteiger partial charge on any atom is -0.0175 e. The number of hydrogen-bond donors (Lipinski definition) is 0. The lowest BCUT2D eigenvalue weighted by Crippen LogP contribution is -2.35. The summed E-state index contributed by atoms with van der Waals surface area (Å²) < 4.78 is 0. The molecule has 0 aromatic carbocycles. The Morgan fingerprint density at radius 3 is 2.50 bits per heavy atom. The third-order valence-electron chi connectivity index (χ3n) is 4.97. The van der Waals surface area contributed by atoms with Gasteiger partial charge in [-0.1, -0.05) is 65.7 Å². The average Bonchev–Trinajstić information content (AvgIpc) is 2.41. The van der Waals surface area contributed by atoms with E-state index < -0.39 is 0 Å². The Morgan fingerprint density at radius 2 is 2.00 bits per heavy atom. The SMILES string of the molecule is C=CCCC(=C)C1CCCC(C)(CC)C1C.CC. The van der Waals surface area contributed by atoms with Crippen molar-refractivity contribution in [2.75, 3.05) is 0 Å². The highest BCUT2D eigenvalue weighted by Crippen LogP contribution is 2.48. The number of hydrogen-bond acceptors (Lipinski definition) is 0. The largest absolute Gasteiger partial charge is 0.103 e. The second kappa shape index (κ2) is 8.56. The third kappa shape index (κ3) is 4.30. The zero-order valence-corrected chi connectivity index (χ0v) is 13.4. The van der Waals surface area contributed by atoms with Crippen LogP contribution >= 0.6 is 0 Å². The maximum absolute atomic E-state index is 4.32. The fraction of sp³-hybridized carbons (Fsp3) is 0.778. The predicted molar refractivity (Wildman–Crippen MR) is 84.8 cm³/mol. The molecule has 1 aliphatic rings. The molecule has 0 heteroatoms. The van der Waals surface area contributed by atoms with Crippen LogP contribution in [0, 0.1) is 17.3 Å². The molecular formula is C18H34. The zero-order valence-electron chi connectivity index (χ0n) is 13.4. The van der Waals surface area contributed by atoms with Crippen LogP contribution in [0.5, 0.6) is 0 Å². The Hall–Kier alpha value is -0.520. The van der Waals surface area contributed by atoms with E-state index in [1.165, 1.54) is 31.3 Å². The van der Waals surface area contributed by atoms with E-state index in [0.29, 0.717) is 5.41 Å². The number of rotatable bonds is 5. The van der Waals surface area contributed by atoms with Gasteiger partial charge in [0.1, 0.15) is 0 Å². The minimum atomic E-state index is 0.542. The highest BCUT2D eigenvalue weighted by Gasteiger charge is 2.38. The molecule has 0 amide bonds. The topological polar surface area (TPSA) is 0 Å². The summed E-state index contributed by atoms with van der Waals surface area (Å²) in [6, 6.07) is 0. The van der Waals surface area contributed by atoms with Crippen LogP contribution in [0.2, 0.25) is 0 Å². The molecule has 1 rings (SSSR count). The van der Waals surface area contributed by atoms with E-state index in [0.717, 1.165) is 24.7 Å². The van der Waals surface area contributed by atoms with E-state index in [1.807, 2.05) is 19.9 Å². The molecule has 0 spiro atoms. The van der Waals surface area contributed by atoms with E-state index in [1.54, 1.807) is 0 Å². The van der Waals surface area contributed by atoms with Crippen LogP contribution in [0.4, 0.5) is 0 Å². The van der Waals surface area contributed by atoms with Gasteiger partial charge in [0, 0.05) is 0 Å². The summed E-state index contributed by atoms with van der Waals surface area (Å²) in [4.78, 5) is 0. The highest BCUT2D eigenvalue weighted by atomic mass is 14.4. The molecule has 0 nitrogen and oxygen atoms in total. The molecule has 0 heterocycles. The molecule has 3 unspecified atom stereocenters. The quantitative estimate of drug-likeness (QED) is 0.496. The van der Waals surface area contributed by atoms with E-state index in [-0.39, 0.29) is 0 Å². The normalized spacial score (nSPS) is 31.2. The minimum absolute atomic E-state index is 0.542. The minimum Gasteiger partial charge on any atom is -0.103 e. The molecule has 0 bridgehead atoms. The van der Waals surface area contributed by atoms with Crippen LogP contribution < -0.4 is 0 Å². The first kappa shape index (κ1) is 17.5. The highest BCUT2D eigenvalue weighted by molar-refractivity contribution is 5.07. The van der Waals surface area contributed by atoms with Gasteiger partial charge < -0.3 is 0 Å². The summed E-state index contributed by atoms with van der Waals surface area (Å²) in [7, 11) is 0. The van der Waals surface area contributed by atoms with Gasteiger partial charge in [0.2, 0.25) is 0 Å². The van der Waals surface area contributed by atoms with Crippen LogP contribution in [0.15, 0.2) is 24.8 Å². The Labute approximate surface area is 116 Å².